The van der Waals surface area contributed by atoms with Crippen molar-refractivity contribution in [1.29, 1.82) is 0 Å². The summed E-state index contributed by atoms with van der Waals surface area (Å²) < 4.78 is 0. The summed E-state index contributed by atoms with van der Waals surface area (Å²) in [5.41, 5.74) is 9.84. The number of benzene rings is 1. The average Bonchev–Trinajstić information content (AvgIpc) is 2.89. The number of amides is 1. The van der Waals surface area contributed by atoms with Gasteiger partial charge in [0.05, 0.1) is 5.71 Å². The zero-order valence-electron chi connectivity index (χ0n) is 21.1. The van der Waals surface area contributed by atoms with Crippen molar-refractivity contribution < 1.29 is 9.63 Å². The molecule has 2 saturated heterocycles. The minimum Gasteiger partial charge on any atom is -0.399 e. The fourth-order valence-corrected chi connectivity index (χ4v) is 5.07. The molecular weight excluding hydrogens is 442 g/mol. The first-order chi connectivity index (χ1) is 16.9. The van der Waals surface area contributed by atoms with E-state index in [4.69, 9.17) is 10.6 Å². The maximum atomic E-state index is 13.2. The SMILES string of the molecule is CO/N=C(\c1ccc(N(C)C)cc1)C1CCN(C(=O)C2CCN(Cc3cnc(N)nc3)CC2)CC1. The topological polar surface area (TPSA) is 100 Å². The molecule has 2 aliphatic rings. The molecule has 2 aliphatic heterocycles. The van der Waals surface area contributed by atoms with Crippen molar-refractivity contribution in [3.05, 3.63) is 47.8 Å². The van der Waals surface area contributed by atoms with E-state index in [1.807, 2.05) is 14.1 Å². The highest BCUT2D eigenvalue weighted by atomic mass is 16.6. The second kappa shape index (κ2) is 11.5. The van der Waals surface area contributed by atoms with Crippen LogP contribution in [-0.2, 0) is 16.2 Å². The van der Waals surface area contributed by atoms with Crippen LogP contribution in [0.15, 0.2) is 41.8 Å². The smallest absolute Gasteiger partial charge is 0.225 e. The lowest BCUT2D eigenvalue weighted by Crippen LogP contribution is -2.46. The summed E-state index contributed by atoms with van der Waals surface area (Å²) in [6.45, 7) is 4.15. The highest BCUT2D eigenvalue weighted by molar-refractivity contribution is 6.02. The van der Waals surface area contributed by atoms with E-state index in [1.54, 1.807) is 19.5 Å². The molecule has 0 bridgehead atoms. The number of carbonyl (C=O) groups excluding carboxylic acids is 1. The molecule has 0 aliphatic carbocycles. The van der Waals surface area contributed by atoms with E-state index in [0.29, 0.717) is 11.9 Å². The van der Waals surface area contributed by atoms with Crippen LogP contribution < -0.4 is 10.6 Å². The summed E-state index contributed by atoms with van der Waals surface area (Å²) in [4.78, 5) is 33.1. The average molecular weight is 480 g/mol. The first kappa shape index (κ1) is 24.9. The molecule has 0 unspecified atom stereocenters. The van der Waals surface area contributed by atoms with Crippen molar-refractivity contribution >= 4 is 23.3 Å². The van der Waals surface area contributed by atoms with Crippen LogP contribution in [0.5, 0.6) is 0 Å². The number of piperidine rings is 2. The second-order valence-electron chi connectivity index (χ2n) is 9.70. The van der Waals surface area contributed by atoms with Gasteiger partial charge >= 0.3 is 0 Å². The van der Waals surface area contributed by atoms with Crippen molar-refractivity contribution in [1.82, 2.24) is 19.8 Å². The highest BCUT2D eigenvalue weighted by Crippen LogP contribution is 2.27. The quantitative estimate of drug-likeness (QED) is 0.481. The van der Waals surface area contributed by atoms with Gasteiger partial charge in [-0.1, -0.05) is 17.3 Å². The first-order valence-electron chi connectivity index (χ1n) is 12.4. The van der Waals surface area contributed by atoms with E-state index >= 15 is 0 Å². The van der Waals surface area contributed by atoms with E-state index < -0.39 is 0 Å². The van der Waals surface area contributed by atoms with Crippen LogP contribution in [0.25, 0.3) is 0 Å². The van der Waals surface area contributed by atoms with E-state index in [2.05, 4.69) is 54.1 Å². The largest absolute Gasteiger partial charge is 0.399 e. The van der Waals surface area contributed by atoms with Crippen molar-refractivity contribution in [3.8, 4) is 0 Å². The van der Waals surface area contributed by atoms with Crippen molar-refractivity contribution in [2.45, 2.75) is 32.2 Å². The molecular formula is C26H37N7O2. The molecule has 3 heterocycles. The minimum atomic E-state index is 0.108. The lowest BCUT2D eigenvalue weighted by Gasteiger charge is -2.37. The van der Waals surface area contributed by atoms with Crippen LogP contribution in [0.3, 0.4) is 0 Å². The van der Waals surface area contributed by atoms with Crippen LogP contribution in [0.1, 0.15) is 36.8 Å². The van der Waals surface area contributed by atoms with Gasteiger partial charge in [0.15, 0.2) is 0 Å². The Hall–Kier alpha value is -3.20. The van der Waals surface area contributed by atoms with Crippen molar-refractivity contribution in [3.63, 3.8) is 0 Å². The molecule has 0 radical (unpaired) electrons. The fourth-order valence-electron chi connectivity index (χ4n) is 5.07. The number of nitrogens with two attached hydrogens (primary N) is 1. The summed E-state index contributed by atoms with van der Waals surface area (Å²) >= 11 is 0. The summed E-state index contributed by atoms with van der Waals surface area (Å²) in [7, 11) is 5.66. The fraction of sp³-hybridized carbons (Fsp3) is 0.538. The van der Waals surface area contributed by atoms with Gasteiger partial charge in [0, 0.05) is 69.2 Å². The van der Waals surface area contributed by atoms with Gasteiger partial charge in [0.25, 0.3) is 0 Å². The Morgan fingerprint density at radius 1 is 1.03 bits per heavy atom. The molecule has 0 spiro atoms. The second-order valence-corrected chi connectivity index (χ2v) is 9.70. The third kappa shape index (κ3) is 6.28. The number of hydrogen-bond donors (Lipinski definition) is 1. The summed E-state index contributed by atoms with van der Waals surface area (Å²) in [6, 6.07) is 8.42. The Labute approximate surface area is 207 Å². The Balaban J connectivity index is 1.28. The molecule has 0 saturated carbocycles. The molecule has 188 valence electrons. The van der Waals surface area contributed by atoms with Crippen LogP contribution in [-0.4, -0.2) is 78.8 Å². The normalized spacial score (nSPS) is 18.5. The molecule has 1 amide bonds. The van der Waals surface area contributed by atoms with Crippen molar-refractivity contribution in [2.24, 2.45) is 17.0 Å². The summed E-state index contributed by atoms with van der Waals surface area (Å²) in [6.07, 6.45) is 7.15. The minimum absolute atomic E-state index is 0.108. The number of oxime groups is 1. The van der Waals surface area contributed by atoms with Gasteiger partial charge < -0.3 is 20.4 Å². The molecule has 35 heavy (non-hydrogen) atoms. The van der Waals surface area contributed by atoms with Crippen LogP contribution in [0.2, 0.25) is 0 Å². The van der Waals surface area contributed by atoms with Gasteiger partial charge in [-0.3, -0.25) is 9.69 Å². The maximum Gasteiger partial charge on any atom is 0.225 e. The predicted octanol–water partition coefficient (Wildman–Crippen LogP) is 2.63. The number of likely N-dealkylation sites (tertiary alicyclic amines) is 2. The van der Waals surface area contributed by atoms with Gasteiger partial charge in [0.2, 0.25) is 11.9 Å². The molecule has 2 N–H and O–H groups in total. The first-order valence-corrected chi connectivity index (χ1v) is 12.4. The lowest BCUT2D eigenvalue weighted by atomic mass is 9.87. The lowest BCUT2D eigenvalue weighted by molar-refractivity contribution is -0.138. The number of rotatable bonds is 7. The van der Waals surface area contributed by atoms with Crippen LogP contribution in [0.4, 0.5) is 11.6 Å². The zero-order valence-corrected chi connectivity index (χ0v) is 21.1. The third-order valence-corrected chi connectivity index (χ3v) is 7.13. The van der Waals surface area contributed by atoms with Gasteiger partial charge in [-0.2, -0.15) is 0 Å². The van der Waals surface area contributed by atoms with Gasteiger partial charge in [-0.25, -0.2) is 9.97 Å². The number of hydrogen-bond acceptors (Lipinski definition) is 8. The summed E-state index contributed by atoms with van der Waals surface area (Å²) in [5, 5.41) is 4.38. The Morgan fingerprint density at radius 2 is 1.63 bits per heavy atom. The molecule has 2 aromatic rings. The molecule has 9 nitrogen and oxygen atoms in total. The standard InChI is InChI=1S/C26H37N7O2/c1-31(2)23-6-4-20(5-7-23)24(30-35-3)21-10-14-33(15-11-21)25(34)22-8-12-32(13-9-22)18-19-16-28-26(27)29-17-19/h4-7,16-17,21-22H,8-15,18H2,1-3H3,(H2,27,28,29)/b30-24+. The number of nitrogens with zero attached hydrogens (tertiary/aromatic N) is 6. The highest BCUT2D eigenvalue weighted by Gasteiger charge is 2.32. The molecule has 1 aromatic heterocycles. The van der Waals surface area contributed by atoms with Gasteiger partial charge in [-0.15, -0.1) is 0 Å². The number of carbonyl (C=O) groups is 1. The van der Waals surface area contributed by atoms with Crippen LogP contribution >= 0.6 is 0 Å². The van der Waals surface area contributed by atoms with E-state index in [-0.39, 0.29) is 11.8 Å². The van der Waals surface area contributed by atoms with Crippen molar-refractivity contribution in [2.75, 3.05) is 58.0 Å². The van der Waals surface area contributed by atoms with E-state index in [1.165, 1.54) is 0 Å². The van der Waals surface area contributed by atoms with E-state index in [9.17, 15) is 4.79 Å². The predicted molar refractivity (Wildman–Crippen MR) is 138 cm³/mol. The zero-order chi connectivity index (χ0) is 24.8. The van der Waals surface area contributed by atoms with Gasteiger partial charge in [0.1, 0.15) is 7.11 Å². The molecule has 9 heteroatoms. The van der Waals surface area contributed by atoms with E-state index in [0.717, 1.165) is 80.9 Å². The number of aromatic nitrogens is 2. The molecule has 1 aromatic carbocycles. The third-order valence-electron chi connectivity index (χ3n) is 7.13. The maximum absolute atomic E-state index is 13.2. The molecule has 2 fully saturated rings. The van der Waals surface area contributed by atoms with Crippen LogP contribution in [0, 0.1) is 11.8 Å². The number of anilines is 2. The Kier molecular flexibility index (Phi) is 8.17. The number of nitrogen functional groups attached to an aromatic ring is 1. The Morgan fingerprint density at radius 3 is 2.20 bits per heavy atom. The van der Waals surface area contributed by atoms with Gasteiger partial charge in [-0.05, 0) is 56.5 Å². The molecule has 4 rings (SSSR count). The Bertz CT molecular complexity index is 991. The molecule has 0 atom stereocenters. The monoisotopic (exact) mass is 479 g/mol. The summed E-state index contributed by atoms with van der Waals surface area (Å²) in [5.74, 6) is 0.994.